The molecule has 0 atom stereocenters. The minimum atomic E-state index is 0.243. The van der Waals surface area contributed by atoms with Crippen molar-refractivity contribution in [2.45, 2.75) is 6.42 Å². The van der Waals surface area contributed by atoms with Crippen LogP contribution in [0.2, 0.25) is 0 Å². The molecule has 0 radical (unpaired) electrons. The monoisotopic (exact) mass is 240 g/mol. The van der Waals surface area contributed by atoms with Crippen LogP contribution in [0.15, 0.2) is 67.3 Å². The number of nitrogens with zero attached hydrogens (tertiary/aromatic N) is 2. The van der Waals surface area contributed by atoms with E-state index < -0.39 is 0 Å². The smallest absolute Gasteiger partial charge is 0.104 e. The summed E-state index contributed by atoms with van der Waals surface area (Å²) in [6.45, 7) is 12.4. The first-order valence-corrected chi connectivity index (χ1v) is 6.10. The summed E-state index contributed by atoms with van der Waals surface area (Å²) in [4.78, 5) is 4.09. The molecule has 1 aliphatic rings. The van der Waals surface area contributed by atoms with Gasteiger partial charge in [0.25, 0.3) is 0 Å². The third-order valence-electron chi connectivity index (χ3n) is 3.72. The van der Waals surface area contributed by atoms with Crippen LogP contribution in [-0.2, 0) is 6.42 Å². The quantitative estimate of drug-likeness (QED) is 0.783. The highest BCUT2D eigenvalue weighted by Gasteiger charge is 2.30. The molecule has 0 spiro atoms. The first kappa shape index (κ1) is 12.5. The Morgan fingerprint density at radius 3 is 1.94 bits per heavy atom. The predicted octanol–water partition coefficient (Wildman–Crippen LogP) is 3.22. The van der Waals surface area contributed by atoms with Crippen molar-refractivity contribution in [3.8, 4) is 0 Å². The fraction of sp³-hybridized carbons (Fsp3) is 0.250. The highest BCUT2D eigenvalue weighted by molar-refractivity contribution is 5.29. The Labute approximate surface area is 110 Å². The molecule has 1 aromatic rings. The molecule has 0 saturated carbocycles. The zero-order valence-electron chi connectivity index (χ0n) is 11.2. The molecule has 1 fully saturated rings. The second-order valence-corrected chi connectivity index (χ2v) is 4.76. The van der Waals surface area contributed by atoms with Crippen molar-refractivity contribution in [3.63, 3.8) is 0 Å². The van der Waals surface area contributed by atoms with Crippen LogP contribution in [0.4, 0.5) is 0 Å². The minimum absolute atomic E-state index is 0.243. The third-order valence-corrected chi connectivity index (χ3v) is 3.72. The number of benzene rings is 1. The molecule has 0 aliphatic carbocycles. The molecule has 1 saturated heterocycles. The molecule has 1 aliphatic heterocycles. The normalized spacial score (nSPS) is 17.6. The van der Waals surface area contributed by atoms with Crippen LogP contribution < -0.4 is 0 Å². The van der Waals surface area contributed by atoms with E-state index in [1.54, 1.807) is 0 Å². The highest BCUT2D eigenvalue weighted by Crippen LogP contribution is 2.35. The van der Waals surface area contributed by atoms with Gasteiger partial charge < -0.3 is 9.80 Å². The lowest BCUT2D eigenvalue weighted by Crippen LogP contribution is -2.40. The summed E-state index contributed by atoms with van der Waals surface area (Å²) in [7, 11) is 4.01. The largest absolute Gasteiger partial charge is 0.335 e. The summed E-state index contributed by atoms with van der Waals surface area (Å²) in [5, 5.41) is 0. The van der Waals surface area contributed by atoms with Gasteiger partial charge in [0.2, 0.25) is 0 Å². The summed E-state index contributed by atoms with van der Waals surface area (Å²) < 4.78 is 0. The average molecular weight is 240 g/mol. The third kappa shape index (κ3) is 2.06. The summed E-state index contributed by atoms with van der Waals surface area (Å²) in [5.41, 5.74) is 3.43. The molecule has 0 amide bonds. The zero-order valence-corrected chi connectivity index (χ0v) is 11.2. The van der Waals surface area contributed by atoms with E-state index in [0.29, 0.717) is 0 Å². The van der Waals surface area contributed by atoms with Crippen LogP contribution in [0.5, 0.6) is 0 Å². The Balaban J connectivity index is 2.24. The molecule has 2 heteroatoms. The molecule has 2 rings (SSSR count). The van der Waals surface area contributed by atoms with Gasteiger partial charge in [-0.05, 0) is 12.0 Å². The van der Waals surface area contributed by atoms with Crippen molar-refractivity contribution in [3.05, 3.63) is 72.8 Å². The summed E-state index contributed by atoms with van der Waals surface area (Å²) in [5.74, 6) is 1.17. The van der Waals surface area contributed by atoms with Crippen molar-refractivity contribution < 1.29 is 0 Å². The summed E-state index contributed by atoms with van der Waals surface area (Å²) in [6, 6.07) is 10.5. The summed E-state index contributed by atoms with van der Waals surface area (Å²) in [6.07, 6.45) is 0.931. The Hall–Kier alpha value is -1.96. The highest BCUT2D eigenvalue weighted by atomic mass is 15.3. The first-order chi connectivity index (χ1) is 8.52. The van der Waals surface area contributed by atoms with Crippen LogP contribution in [0, 0.1) is 5.92 Å². The van der Waals surface area contributed by atoms with Crippen molar-refractivity contribution in [1.82, 2.24) is 9.80 Å². The summed E-state index contributed by atoms with van der Waals surface area (Å²) >= 11 is 0. The maximum absolute atomic E-state index is 4.19. The average Bonchev–Trinajstić information content (AvgIpc) is 2.40. The lowest BCUT2D eigenvalue weighted by Gasteiger charge is -2.43. The van der Waals surface area contributed by atoms with E-state index >= 15 is 0 Å². The second kappa shape index (κ2) is 4.73. The van der Waals surface area contributed by atoms with Gasteiger partial charge in [0.15, 0.2) is 0 Å². The Bertz CT molecular complexity index is 463. The predicted molar refractivity (Wildman–Crippen MR) is 76.6 cm³/mol. The number of hydrogen-bond acceptors (Lipinski definition) is 2. The Morgan fingerprint density at radius 2 is 1.44 bits per heavy atom. The van der Waals surface area contributed by atoms with E-state index in [0.717, 1.165) is 23.6 Å². The van der Waals surface area contributed by atoms with Gasteiger partial charge in [-0.1, -0.05) is 50.1 Å². The fourth-order valence-corrected chi connectivity index (χ4v) is 2.30. The molecule has 18 heavy (non-hydrogen) atoms. The molecule has 94 valence electrons. The van der Waals surface area contributed by atoms with Gasteiger partial charge in [0, 0.05) is 31.4 Å². The van der Waals surface area contributed by atoms with E-state index in [-0.39, 0.29) is 5.92 Å². The molecule has 0 bridgehead atoms. The molecule has 1 heterocycles. The number of rotatable bonds is 2. The first-order valence-electron chi connectivity index (χ1n) is 6.10. The molecule has 1 aromatic carbocycles. The Kier molecular flexibility index (Phi) is 3.28. The van der Waals surface area contributed by atoms with E-state index in [2.05, 4.69) is 44.0 Å². The van der Waals surface area contributed by atoms with Gasteiger partial charge in [-0.2, -0.15) is 0 Å². The SMILES string of the molecule is C=C1C(Cc2ccccc2)C(=C)N(C)C(=C)N1C. The van der Waals surface area contributed by atoms with Crippen LogP contribution in [0.1, 0.15) is 5.56 Å². The van der Waals surface area contributed by atoms with Crippen LogP contribution >= 0.6 is 0 Å². The Morgan fingerprint density at radius 1 is 0.944 bits per heavy atom. The molecular weight excluding hydrogens is 220 g/mol. The lowest BCUT2D eigenvalue weighted by molar-refractivity contribution is 0.261. The van der Waals surface area contributed by atoms with E-state index in [9.17, 15) is 0 Å². The van der Waals surface area contributed by atoms with Gasteiger partial charge in [-0.3, -0.25) is 0 Å². The molecule has 0 N–H and O–H groups in total. The van der Waals surface area contributed by atoms with Crippen LogP contribution in [0.25, 0.3) is 0 Å². The van der Waals surface area contributed by atoms with E-state index in [1.165, 1.54) is 5.56 Å². The van der Waals surface area contributed by atoms with Crippen LogP contribution in [-0.4, -0.2) is 23.9 Å². The standard InChI is InChI=1S/C16H20N2/c1-12-16(11-15-9-7-6-8-10-15)13(2)18(5)14(3)17(12)4/h6-10,16H,1-3,11H2,4-5H3. The van der Waals surface area contributed by atoms with Crippen molar-refractivity contribution in [2.24, 2.45) is 5.92 Å². The molecular formula is C16H20N2. The topological polar surface area (TPSA) is 6.48 Å². The van der Waals surface area contributed by atoms with E-state index in [4.69, 9.17) is 0 Å². The van der Waals surface area contributed by atoms with Crippen molar-refractivity contribution >= 4 is 0 Å². The molecule has 0 aromatic heterocycles. The van der Waals surface area contributed by atoms with Crippen LogP contribution in [0.3, 0.4) is 0 Å². The molecule has 0 unspecified atom stereocenters. The van der Waals surface area contributed by atoms with Crippen molar-refractivity contribution in [2.75, 3.05) is 14.1 Å². The fourth-order valence-electron chi connectivity index (χ4n) is 2.30. The van der Waals surface area contributed by atoms with Gasteiger partial charge in [0.05, 0.1) is 0 Å². The van der Waals surface area contributed by atoms with Gasteiger partial charge in [-0.15, -0.1) is 0 Å². The van der Waals surface area contributed by atoms with Crippen molar-refractivity contribution in [1.29, 1.82) is 0 Å². The maximum atomic E-state index is 4.19. The van der Waals surface area contributed by atoms with Gasteiger partial charge in [0.1, 0.15) is 5.82 Å². The van der Waals surface area contributed by atoms with E-state index in [1.807, 2.05) is 30.0 Å². The van der Waals surface area contributed by atoms with Gasteiger partial charge >= 0.3 is 0 Å². The minimum Gasteiger partial charge on any atom is -0.335 e. The molecule has 2 nitrogen and oxygen atoms in total. The lowest BCUT2D eigenvalue weighted by atomic mass is 9.91. The zero-order chi connectivity index (χ0) is 13.3. The number of hydrogen-bond donors (Lipinski definition) is 0. The second-order valence-electron chi connectivity index (χ2n) is 4.76. The van der Waals surface area contributed by atoms with Gasteiger partial charge in [-0.25, -0.2) is 0 Å². The maximum Gasteiger partial charge on any atom is 0.104 e.